The molecule has 2 rings (SSSR count). The van der Waals surface area contributed by atoms with Gasteiger partial charge in [0.1, 0.15) is 12.5 Å². The molecule has 4 nitrogen and oxygen atoms in total. The van der Waals surface area contributed by atoms with Crippen molar-refractivity contribution in [1.29, 1.82) is 0 Å². The summed E-state index contributed by atoms with van der Waals surface area (Å²) in [4.78, 5) is 0. The van der Waals surface area contributed by atoms with Gasteiger partial charge in [-0.15, -0.1) is 0 Å². The monoisotopic (exact) mass is 237 g/mol. The molecule has 1 aliphatic heterocycles. The maximum Gasteiger partial charge on any atom is 0.143 e. The van der Waals surface area contributed by atoms with E-state index >= 15 is 0 Å². The lowest BCUT2D eigenvalue weighted by Crippen LogP contribution is -2.17. The van der Waals surface area contributed by atoms with Crippen molar-refractivity contribution in [3.8, 4) is 5.75 Å². The molecular formula is C13H19NO3. The number of rotatable bonds is 5. The Morgan fingerprint density at radius 2 is 2.24 bits per heavy atom. The number of hydrogen-bond acceptors (Lipinski definition) is 4. The van der Waals surface area contributed by atoms with E-state index in [1.807, 2.05) is 6.07 Å². The van der Waals surface area contributed by atoms with Gasteiger partial charge in [-0.25, -0.2) is 0 Å². The van der Waals surface area contributed by atoms with Crippen molar-refractivity contribution >= 4 is 5.69 Å². The molecule has 0 spiro atoms. The molecule has 0 saturated heterocycles. The molecule has 0 aliphatic carbocycles. The average molecular weight is 237 g/mol. The normalized spacial score (nSPS) is 22.1. The highest BCUT2D eigenvalue weighted by Gasteiger charge is 2.28. The van der Waals surface area contributed by atoms with Crippen molar-refractivity contribution in [2.75, 3.05) is 25.8 Å². The van der Waals surface area contributed by atoms with Gasteiger partial charge in [0.25, 0.3) is 0 Å². The van der Waals surface area contributed by atoms with Gasteiger partial charge in [-0.2, -0.15) is 0 Å². The van der Waals surface area contributed by atoms with Gasteiger partial charge in [0.2, 0.25) is 0 Å². The number of benzene rings is 1. The summed E-state index contributed by atoms with van der Waals surface area (Å²) in [5, 5.41) is 12.1. The van der Waals surface area contributed by atoms with Gasteiger partial charge >= 0.3 is 0 Å². The molecule has 0 saturated carbocycles. The van der Waals surface area contributed by atoms with Crippen molar-refractivity contribution in [3.63, 3.8) is 0 Å². The van der Waals surface area contributed by atoms with Crippen LogP contribution >= 0.6 is 0 Å². The molecule has 1 aliphatic rings. The quantitative estimate of drug-likeness (QED) is 0.607. The van der Waals surface area contributed by atoms with Crippen LogP contribution in [0.5, 0.6) is 5.75 Å². The zero-order chi connectivity index (χ0) is 12.3. The van der Waals surface area contributed by atoms with E-state index in [1.54, 1.807) is 7.11 Å². The fourth-order valence-electron chi connectivity index (χ4n) is 2.40. The summed E-state index contributed by atoms with van der Waals surface area (Å²) < 4.78 is 10.3. The van der Waals surface area contributed by atoms with E-state index in [4.69, 9.17) is 14.6 Å². The second-order valence-corrected chi connectivity index (χ2v) is 4.32. The highest BCUT2D eigenvalue weighted by molar-refractivity contribution is 5.61. The highest BCUT2D eigenvalue weighted by atomic mass is 16.6. The van der Waals surface area contributed by atoms with E-state index in [9.17, 15) is 0 Å². The number of aliphatic hydroxyl groups is 1. The minimum Gasteiger partial charge on any atom is -0.497 e. The second kappa shape index (κ2) is 5.38. The van der Waals surface area contributed by atoms with Crippen molar-refractivity contribution in [3.05, 3.63) is 23.8 Å². The van der Waals surface area contributed by atoms with Crippen LogP contribution in [0.25, 0.3) is 0 Å². The van der Waals surface area contributed by atoms with Crippen LogP contribution in [-0.4, -0.2) is 31.7 Å². The Morgan fingerprint density at radius 3 is 2.94 bits per heavy atom. The fourth-order valence-corrected chi connectivity index (χ4v) is 2.40. The Labute approximate surface area is 102 Å². The first kappa shape index (κ1) is 12.2. The Morgan fingerprint density at radius 1 is 1.41 bits per heavy atom. The topological polar surface area (TPSA) is 50.7 Å². The maximum atomic E-state index is 8.63. The fraction of sp³-hybridized carbons (Fsp3) is 0.538. The number of methoxy groups -OCH3 is 1. The van der Waals surface area contributed by atoms with Crippen LogP contribution in [0.1, 0.15) is 24.8 Å². The van der Waals surface area contributed by atoms with E-state index in [2.05, 4.69) is 24.4 Å². The lowest BCUT2D eigenvalue weighted by molar-refractivity contribution is -0.00423. The first-order valence-corrected chi connectivity index (χ1v) is 5.89. The van der Waals surface area contributed by atoms with Crippen molar-refractivity contribution in [2.24, 2.45) is 0 Å². The number of hydrogen-bond donors (Lipinski definition) is 2. The van der Waals surface area contributed by atoms with E-state index in [0.29, 0.717) is 18.6 Å². The molecule has 94 valence electrons. The standard InChI is InChI=1S/C13H19NO3/c1-9-11(5-6-17-8-15)12-7-10(16-2)3-4-13(12)14-9/h3-4,7,9,11,14-15H,5-6,8H2,1-2H3. The van der Waals surface area contributed by atoms with Crippen molar-refractivity contribution < 1.29 is 14.6 Å². The Bertz CT molecular complexity index is 381. The molecule has 1 aromatic carbocycles. The van der Waals surface area contributed by atoms with Crippen LogP contribution in [0.15, 0.2) is 18.2 Å². The lowest BCUT2D eigenvalue weighted by atomic mass is 9.93. The molecule has 4 heteroatoms. The summed E-state index contributed by atoms with van der Waals surface area (Å²) in [5.41, 5.74) is 2.45. The molecule has 0 bridgehead atoms. The van der Waals surface area contributed by atoms with Gasteiger partial charge in [-0.1, -0.05) is 0 Å². The van der Waals surface area contributed by atoms with Crippen LogP contribution < -0.4 is 10.1 Å². The maximum absolute atomic E-state index is 8.63. The minimum atomic E-state index is -0.209. The summed E-state index contributed by atoms with van der Waals surface area (Å²) in [6, 6.07) is 6.48. The first-order valence-electron chi connectivity index (χ1n) is 5.89. The second-order valence-electron chi connectivity index (χ2n) is 4.32. The summed E-state index contributed by atoms with van der Waals surface area (Å²) in [6.45, 7) is 2.53. The van der Waals surface area contributed by atoms with Gasteiger partial charge in [0.15, 0.2) is 0 Å². The third kappa shape index (κ3) is 2.53. The minimum absolute atomic E-state index is 0.209. The molecule has 0 amide bonds. The molecule has 0 fully saturated rings. The zero-order valence-corrected chi connectivity index (χ0v) is 10.3. The predicted octanol–water partition coefficient (Wildman–Crippen LogP) is 1.95. The molecule has 2 unspecified atom stereocenters. The van der Waals surface area contributed by atoms with E-state index in [-0.39, 0.29) is 6.79 Å². The van der Waals surface area contributed by atoms with Crippen LogP contribution in [-0.2, 0) is 4.74 Å². The third-order valence-corrected chi connectivity index (χ3v) is 3.31. The Hall–Kier alpha value is -1.26. The molecule has 2 atom stereocenters. The van der Waals surface area contributed by atoms with Crippen LogP contribution in [0, 0.1) is 0 Å². The molecule has 0 aromatic heterocycles. The van der Waals surface area contributed by atoms with Crippen LogP contribution in [0.3, 0.4) is 0 Å². The van der Waals surface area contributed by atoms with Crippen LogP contribution in [0.4, 0.5) is 5.69 Å². The van der Waals surface area contributed by atoms with Gasteiger partial charge in [-0.05, 0) is 37.1 Å². The average Bonchev–Trinajstić information content (AvgIpc) is 2.65. The van der Waals surface area contributed by atoms with Gasteiger partial charge < -0.3 is 19.9 Å². The van der Waals surface area contributed by atoms with E-state index in [0.717, 1.165) is 12.2 Å². The molecular weight excluding hydrogens is 218 g/mol. The highest BCUT2D eigenvalue weighted by Crippen LogP contribution is 2.39. The zero-order valence-electron chi connectivity index (χ0n) is 10.3. The smallest absolute Gasteiger partial charge is 0.143 e. The number of nitrogens with one attached hydrogen (secondary N) is 1. The number of fused-ring (bicyclic) bond motifs is 1. The van der Waals surface area contributed by atoms with Gasteiger partial charge in [0.05, 0.1) is 13.7 Å². The summed E-state index contributed by atoms with van der Waals surface area (Å²) in [5.74, 6) is 1.29. The number of ether oxygens (including phenoxy) is 2. The van der Waals surface area contributed by atoms with Crippen molar-refractivity contribution in [2.45, 2.75) is 25.3 Å². The largest absolute Gasteiger partial charge is 0.497 e. The van der Waals surface area contributed by atoms with Crippen molar-refractivity contribution in [1.82, 2.24) is 0 Å². The summed E-state index contributed by atoms with van der Waals surface area (Å²) in [6.07, 6.45) is 0.898. The molecule has 1 heterocycles. The number of anilines is 1. The number of aliphatic hydroxyl groups excluding tert-OH is 1. The predicted molar refractivity (Wildman–Crippen MR) is 66.5 cm³/mol. The third-order valence-electron chi connectivity index (χ3n) is 3.31. The molecule has 17 heavy (non-hydrogen) atoms. The molecule has 2 N–H and O–H groups in total. The first-order chi connectivity index (χ1) is 8.26. The van der Waals surface area contributed by atoms with E-state index < -0.39 is 0 Å². The molecule has 1 aromatic rings. The van der Waals surface area contributed by atoms with Crippen LogP contribution in [0.2, 0.25) is 0 Å². The van der Waals surface area contributed by atoms with Gasteiger partial charge in [0, 0.05) is 17.6 Å². The Balaban J connectivity index is 2.13. The molecule has 0 radical (unpaired) electrons. The Kier molecular flexibility index (Phi) is 3.86. The SMILES string of the molecule is COc1ccc2c(c1)C(CCOCO)C(C)N2. The van der Waals surface area contributed by atoms with Gasteiger partial charge in [-0.3, -0.25) is 0 Å². The summed E-state index contributed by atoms with van der Waals surface area (Å²) >= 11 is 0. The van der Waals surface area contributed by atoms with E-state index in [1.165, 1.54) is 11.3 Å². The summed E-state index contributed by atoms with van der Waals surface area (Å²) in [7, 11) is 1.68. The lowest BCUT2D eigenvalue weighted by Gasteiger charge is -2.15.